The van der Waals surface area contributed by atoms with Crippen molar-refractivity contribution in [2.45, 2.75) is 151 Å². The number of fused-ring (bicyclic) bond motifs is 3. The van der Waals surface area contributed by atoms with Crippen LogP contribution in [0.15, 0.2) is 157 Å². The lowest BCUT2D eigenvalue weighted by atomic mass is 9.86. The van der Waals surface area contributed by atoms with Crippen molar-refractivity contribution < 1.29 is 44.6 Å². The first kappa shape index (κ1) is 69.6. The third-order valence-electron chi connectivity index (χ3n) is 15.1. The van der Waals surface area contributed by atoms with Crippen molar-refractivity contribution in [2.75, 3.05) is 13.7 Å². The number of rotatable bonds is 16. The monoisotopic (exact) mass is 1210 g/mol. The van der Waals surface area contributed by atoms with Crippen LogP contribution >= 0.6 is 12.2 Å². The lowest BCUT2D eigenvalue weighted by Gasteiger charge is -2.34. The number of hydrogen-bond acceptors (Lipinski definition) is 10. The summed E-state index contributed by atoms with van der Waals surface area (Å²) in [5.74, 6) is -0.438. The molecule has 0 unspecified atom stereocenters. The summed E-state index contributed by atoms with van der Waals surface area (Å²) in [5, 5.41) is 35.3. The summed E-state index contributed by atoms with van der Waals surface area (Å²) in [4.78, 5) is 53.2. The van der Waals surface area contributed by atoms with E-state index in [1.807, 2.05) is 164 Å². The minimum absolute atomic E-state index is 0.000555. The van der Waals surface area contributed by atoms with Crippen molar-refractivity contribution in [3.63, 3.8) is 0 Å². The quantitative estimate of drug-likeness (QED) is 0.0324. The first-order chi connectivity index (χ1) is 41.2. The van der Waals surface area contributed by atoms with Gasteiger partial charge < -0.3 is 57.7 Å². The number of aromatic hydroxyl groups is 1. The average molecular weight is 1210 g/mol. The minimum Gasteiger partial charge on any atom is -0.507 e. The number of nitrogens with two attached hydrogens (primary N) is 1. The van der Waals surface area contributed by atoms with E-state index >= 15 is 0 Å². The molecule has 17 heteroatoms. The zero-order valence-electron chi connectivity index (χ0n) is 52.6. The van der Waals surface area contributed by atoms with Gasteiger partial charge in [-0.15, -0.1) is 0 Å². The number of phenols is 1. The molecule has 1 saturated carbocycles. The fourth-order valence-corrected chi connectivity index (χ4v) is 10.1. The number of ether oxygens (including phenoxy) is 2. The molecule has 2 aliphatic rings. The number of carboxylic acid groups (broad SMARTS) is 1. The highest BCUT2D eigenvalue weighted by molar-refractivity contribution is 7.80. The summed E-state index contributed by atoms with van der Waals surface area (Å²) in [6.07, 6.45) is 5.01. The second kappa shape index (κ2) is 33.1. The number of aliphatic carboxylic acids is 1. The number of carbonyl (C=O) groups excluding carboxylic acids is 3. The number of quaternary nitrogens is 1. The van der Waals surface area contributed by atoms with Crippen LogP contribution in [-0.2, 0) is 38.8 Å². The number of nitrogens with zero attached hydrogens (tertiary/aromatic N) is 1. The molecule has 0 radical (unpaired) electrons. The van der Waals surface area contributed by atoms with E-state index in [4.69, 9.17) is 32.4 Å². The Morgan fingerprint density at radius 1 is 0.678 bits per heavy atom. The van der Waals surface area contributed by atoms with E-state index < -0.39 is 35.6 Å². The average Bonchev–Trinajstić information content (AvgIpc) is 1.72. The summed E-state index contributed by atoms with van der Waals surface area (Å²) in [6, 6.07) is 47.6. The van der Waals surface area contributed by atoms with Crippen LogP contribution in [0, 0.1) is 23.2 Å². The van der Waals surface area contributed by atoms with Gasteiger partial charge in [-0.1, -0.05) is 215 Å². The second-order valence-electron chi connectivity index (χ2n) is 25.1. The number of aliphatic imine (C=N–C) groups is 1. The number of methoxy groups -OCH3 is 1. The van der Waals surface area contributed by atoms with Gasteiger partial charge in [-0.3, -0.25) is 14.6 Å². The largest absolute Gasteiger partial charge is 0.507 e. The van der Waals surface area contributed by atoms with Crippen molar-refractivity contribution >= 4 is 47.4 Å². The van der Waals surface area contributed by atoms with Crippen LogP contribution in [-0.4, -0.2) is 89.3 Å². The predicted molar refractivity (Wildman–Crippen MR) is 351 cm³/mol. The lowest BCUT2D eigenvalue weighted by molar-refractivity contribution is -0.386. The molecular formula is C70H93N8O8S+. The molecule has 0 spiro atoms. The maximum atomic E-state index is 13.1. The fourth-order valence-electron chi connectivity index (χ4n) is 9.87. The van der Waals surface area contributed by atoms with Crippen LogP contribution in [0.2, 0.25) is 0 Å². The summed E-state index contributed by atoms with van der Waals surface area (Å²) in [7, 11) is 1.61. The molecule has 0 aliphatic heterocycles. The molecule has 16 nitrogen and oxygen atoms in total. The number of benzene rings is 6. The van der Waals surface area contributed by atoms with Gasteiger partial charge in [0, 0.05) is 36.3 Å². The lowest BCUT2D eigenvalue weighted by Crippen LogP contribution is -2.58. The van der Waals surface area contributed by atoms with Crippen molar-refractivity contribution in [1.82, 2.24) is 26.6 Å². The van der Waals surface area contributed by atoms with Gasteiger partial charge in [-0.25, -0.2) is 9.59 Å². The molecule has 12 N–H and O–H groups in total. The topological polar surface area (TPSA) is 253 Å². The number of amides is 3. The van der Waals surface area contributed by atoms with E-state index in [1.165, 1.54) is 5.56 Å². The van der Waals surface area contributed by atoms with Crippen molar-refractivity contribution in [3.05, 3.63) is 191 Å². The molecule has 5 atom stereocenters. The summed E-state index contributed by atoms with van der Waals surface area (Å²) < 4.78 is 10.7. The highest BCUT2D eigenvalue weighted by Crippen LogP contribution is 2.44. The molecule has 0 heterocycles. The number of carboxylic acids is 1. The Labute approximate surface area is 520 Å². The van der Waals surface area contributed by atoms with Crippen LogP contribution in [0.3, 0.4) is 0 Å². The molecule has 1 fully saturated rings. The molecule has 466 valence electrons. The van der Waals surface area contributed by atoms with Gasteiger partial charge in [0.05, 0.1) is 31.8 Å². The van der Waals surface area contributed by atoms with Crippen molar-refractivity contribution in [1.29, 1.82) is 0 Å². The second-order valence-corrected chi connectivity index (χ2v) is 25.5. The number of nitrogens with one attached hydrogen (secondary N) is 5. The zero-order chi connectivity index (χ0) is 63.9. The van der Waals surface area contributed by atoms with Gasteiger partial charge in [-0.05, 0) is 99.3 Å². The fraction of sp³-hybridized carbons (Fsp3) is 0.400. The zero-order valence-corrected chi connectivity index (χ0v) is 53.4. The van der Waals surface area contributed by atoms with Crippen molar-refractivity contribution in [3.8, 4) is 22.6 Å². The summed E-state index contributed by atoms with van der Waals surface area (Å²) in [5.41, 5.74) is 17.8. The van der Waals surface area contributed by atoms with Gasteiger partial charge in [0.15, 0.2) is 5.11 Å². The van der Waals surface area contributed by atoms with E-state index in [9.17, 15) is 29.4 Å². The van der Waals surface area contributed by atoms with Gasteiger partial charge in [0.2, 0.25) is 11.8 Å². The molecule has 6 aromatic rings. The Bertz CT molecular complexity index is 3150. The Balaban J connectivity index is 0.000000237. The molecule has 0 saturated heterocycles. The van der Waals surface area contributed by atoms with Crippen LogP contribution in [0.4, 0.5) is 4.79 Å². The number of phenolic OH excluding ortho intramolecular Hbond substituents is 1. The van der Waals surface area contributed by atoms with Gasteiger partial charge in [0.25, 0.3) is 0 Å². The number of aryl methyl sites for hydroxylation is 1. The molecule has 3 amide bonds. The molecule has 8 rings (SSSR count). The summed E-state index contributed by atoms with van der Waals surface area (Å²) >= 11 is 5.67. The maximum Gasteiger partial charge on any atom is 0.407 e. The SMILES string of the molecule is CC(C)(C)[C@H](N)C(=O)NCc1ccccc1.CC(C)(C)[C@H](NC(=O)OCC1c2ccccc2-c2ccccc21)C(=O)O.COc1cc(C)c(O)c(C=N[C@@H]2CCCC[C@H]2NC(=S)N[C@H](C(=O)NCc2ccccc2)C(C)(C)C)c1.[NH3+]Cc1ccccc1. The number of hydrogen-bond donors (Lipinski definition) is 9. The highest BCUT2D eigenvalue weighted by Gasteiger charge is 2.36. The maximum absolute atomic E-state index is 13.1. The van der Waals surface area contributed by atoms with Crippen molar-refractivity contribution in [2.24, 2.45) is 27.0 Å². The van der Waals surface area contributed by atoms with E-state index in [1.54, 1.807) is 46.2 Å². The first-order valence-corrected chi connectivity index (χ1v) is 30.2. The number of carbonyl (C=O) groups is 4. The normalized spacial score (nSPS) is 15.5. The van der Waals surface area contributed by atoms with Gasteiger partial charge in [0.1, 0.15) is 30.2 Å². The Hall–Kier alpha value is -8.12. The Morgan fingerprint density at radius 2 is 1.16 bits per heavy atom. The van der Waals surface area contributed by atoms with Gasteiger partial charge in [-0.2, -0.15) is 0 Å². The van der Waals surface area contributed by atoms with E-state index in [0.717, 1.165) is 71.2 Å². The Kier molecular flexibility index (Phi) is 26.5. The summed E-state index contributed by atoms with van der Waals surface area (Å²) in [6.45, 7) is 21.1. The third kappa shape index (κ3) is 22.0. The minimum atomic E-state index is -1.08. The predicted octanol–water partition coefficient (Wildman–Crippen LogP) is 10.8. The third-order valence-corrected chi connectivity index (χ3v) is 15.3. The van der Waals surface area contributed by atoms with Crippen LogP contribution in [0.5, 0.6) is 11.5 Å². The van der Waals surface area contributed by atoms with E-state index in [0.29, 0.717) is 29.5 Å². The molecule has 2 aliphatic carbocycles. The standard InChI is InChI=1S/C29H40N4O3S.C21H23NO4.C13H20N2O.C7H9N/c1-19-15-22(36-5)16-21(25(19)34)18-30-23-13-9-10-14-24(23)32-28(37)33-26(29(2,3)4)27(35)31-17-20-11-7-6-8-12-20;1-21(2,3)18(19(23)24)22-20(25)26-12-17-15-10-6-4-8-13(15)14-9-5-7-11-16(14)17;1-13(2,3)11(14)12(16)15-9-10-7-5-4-6-8-10;8-6-7-4-2-1-3-5-7/h6-8,11-12,15-16,18,23-24,26,34H,9-10,13-14,17H2,1-5H3,(H,31,35)(H2,32,33,37);4-11,17-18H,12H2,1-3H3,(H,22,25)(H,23,24);4-8,11H,9,14H2,1-3H3,(H,15,16);1-5H,6,8H2/p+1/t23-,24-,26-;18-;11-;/m111./s1. The molecular weight excluding hydrogens is 1110 g/mol. The van der Waals surface area contributed by atoms with E-state index in [2.05, 4.69) is 56.6 Å². The smallest absolute Gasteiger partial charge is 0.407 e. The van der Waals surface area contributed by atoms with Crippen LogP contribution < -0.4 is 42.8 Å². The van der Waals surface area contributed by atoms with Gasteiger partial charge >= 0.3 is 12.1 Å². The Morgan fingerprint density at radius 3 is 1.63 bits per heavy atom. The number of thiocarbonyl (C=S) groups is 1. The van der Waals surface area contributed by atoms with Crippen LogP contribution in [0.25, 0.3) is 11.1 Å². The molecule has 6 aromatic carbocycles. The molecule has 0 aromatic heterocycles. The molecule has 87 heavy (non-hydrogen) atoms. The van der Waals surface area contributed by atoms with E-state index in [-0.39, 0.29) is 53.0 Å². The molecule has 0 bridgehead atoms. The van der Waals surface area contributed by atoms with Crippen LogP contribution in [0.1, 0.15) is 133 Å². The number of alkyl carbamates (subject to hydrolysis) is 1. The highest BCUT2D eigenvalue weighted by atomic mass is 32.1. The first-order valence-electron chi connectivity index (χ1n) is 29.8.